The fourth-order valence-electron chi connectivity index (χ4n) is 6.62. The summed E-state index contributed by atoms with van der Waals surface area (Å²) < 4.78 is 53.9. The van der Waals surface area contributed by atoms with Crippen molar-refractivity contribution in [2.45, 2.75) is 61.8 Å². The molecule has 51 heavy (non-hydrogen) atoms. The van der Waals surface area contributed by atoms with Crippen molar-refractivity contribution in [1.82, 2.24) is 0 Å². The molecule has 0 saturated carbocycles. The number of nitrogens with zero attached hydrogens (tertiary/aromatic N) is 1. The highest BCUT2D eigenvalue weighted by molar-refractivity contribution is 8.05. The van der Waals surface area contributed by atoms with Crippen molar-refractivity contribution < 1.29 is 37.9 Å². The van der Waals surface area contributed by atoms with Gasteiger partial charge in [-0.2, -0.15) is 5.26 Å². The van der Waals surface area contributed by atoms with Gasteiger partial charge in [-0.1, -0.05) is 27.7 Å². The monoisotopic (exact) mass is 805 g/mol. The van der Waals surface area contributed by atoms with Crippen molar-refractivity contribution in [1.29, 1.82) is 5.26 Å². The lowest BCUT2D eigenvalue weighted by Gasteiger charge is -2.28. The molecule has 4 aromatic heterocycles. The maximum absolute atomic E-state index is 9.80. The topological polar surface area (TPSA) is 97.6 Å². The van der Waals surface area contributed by atoms with Crippen LogP contribution in [0.3, 0.4) is 0 Å². The zero-order valence-electron chi connectivity index (χ0n) is 29.1. The van der Waals surface area contributed by atoms with Crippen molar-refractivity contribution >= 4 is 68.9 Å². The molecule has 0 bridgehead atoms. The molecule has 4 aliphatic rings. The fraction of sp³-hybridized carbons (Fsp3) is 0.528. The van der Waals surface area contributed by atoms with Crippen LogP contribution in [0.25, 0.3) is 29.3 Å². The molecule has 9 nitrogen and oxygen atoms in total. The molecule has 0 aliphatic carbocycles. The number of fused-ring (bicyclic) bond motifs is 4. The van der Waals surface area contributed by atoms with E-state index in [0.29, 0.717) is 87.4 Å². The van der Waals surface area contributed by atoms with E-state index in [1.165, 1.54) is 11.3 Å². The van der Waals surface area contributed by atoms with Crippen LogP contribution in [0.15, 0.2) is 8.42 Å². The minimum Gasteiger partial charge on any atom is -0.487 e. The molecule has 0 atom stereocenters. The Morgan fingerprint density at radius 3 is 1.22 bits per heavy atom. The summed E-state index contributed by atoms with van der Waals surface area (Å²) in [5.41, 5.74) is -0.251. The standard InChI is InChI=1S/C36H39NO8S6/c1-6-35(7-2)14-42-21-22(43-15-35)30(32-24-26(34(51-32)47-18-37)45-17-36(8-3,9-4)16-44-24)49-29(21)27-19-20(39-11-10-38-19)28(48-27)31-23-25(33(46-5)50-31)41-13-12-40-23/h6-17H2,1-5H3. The van der Waals surface area contributed by atoms with Gasteiger partial charge >= 0.3 is 0 Å². The van der Waals surface area contributed by atoms with Gasteiger partial charge in [-0.25, -0.2) is 0 Å². The number of thioether (sulfide) groups is 2. The molecule has 15 heteroatoms. The molecule has 0 spiro atoms. The quantitative estimate of drug-likeness (QED) is 0.119. The summed E-state index contributed by atoms with van der Waals surface area (Å²) in [6.07, 6.45) is 5.75. The number of rotatable bonds is 9. The predicted octanol–water partition coefficient (Wildman–Crippen LogP) is 10.9. The van der Waals surface area contributed by atoms with Crippen LogP contribution in [0, 0.1) is 21.5 Å². The van der Waals surface area contributed by atoms with E-state index >= 15 is 0 Å². The van der Waals surface area contributed by atoms with Crippen molar-refractivity contribution in [3.63, 3.8) is 0 Å². The summed E-state index contributed by atoms with van der Waals surface area (Å²) in [5, 5.41) is 12.1. The molecular weight excluding hydrogens is 767 g/mol. The summed E-state index contributed by atoms with van der Waals surface area (Å²) in [6, 6.07) is 0. The molecule has 4 aliphatic heterocycles. The number of hydrogen-bond acceptors (Lipinski definition) is 15. The molecule has 272 valence electrons. The zero-order chi connectivity index (χ0) is 35.3. The Bertz CT molecular complexity index is 1980. The second-order valence-electron chi connectivity index (χ2n) is 13.0. The van der Waals surface area contributed by atoms with Crippen LogP contribution in [-0.2, 0) is 0 Å². The number of ether oxygens (including phenoxy) is 8. The van der Waals surface area contributed by atoms with Crippen LogP contribution in [-0.4, -0.2) is 59.1 Å². The van der Waals surface area contributed by atoms with Crippen LogP contribution >= 0.6 is 68.9 Å². The van der Waals surface area contributed by atoms with Gasteiger partial charge in [0.15, 0.2) is 46.0 Å². The van der Waals surface area contributed by atoms with Crippen LogP contribution in [0.4, 0.5) is 0 Å². The third-order valence-electron chi connectivity index (χ3n) is 10.4. The van der Waals surface area contributed by atoms with Crippen LogP contribution in [0.2, 0.25) is 0 Å². The number of nitriles is 1. The molecular formula is C36H39NO8S6. The Morgan fingerprint density at radius 1 is 0.490 bits per heavy atom. The molecule has 8 rings (SSSR count). The van der Waals surface area contributed by atoms with Gasteiger partial charge in [-0.15, -0.1) is 57.1 Å². The molecule has 4 aromatic rings. The largest absolute Gasteiger partial charge is 0.487 e. The fourth-order valence-corrected chi connectivity index (χ4v) is 13.0. The normalized spacial score (nSPS) is 18.1. The van der Waals surface area contributed by atoms with Gasteiger partial charge in [0.1, 0.15) is 40.2 Å². The lowest BCUT2D eigenvalue weighted by Crippen LogP contribution is -2.32. The predicted molar refractivity (Wildman–Crippen MR) is 207 cm³/mol. The Morgan fingerprint density at radius 2 is 0.804 bits per heavy atom. The average Bonchev–Trinajstić information content (AvgIpc) is 3.86. The van der Waals surface area contributed by atoms with Gasteiger partial charge in [0.05, 0.1) is 55.7 Å². The van der Waals surface area contributed by atoms with Gasteiger partial charge in [0.25, 0.3) is 0 Å². The summed E-state index contributed by atoms with van der Waals surface area (Å²) >= 11 is 9.15. The highest BCUT2D eigenvalue weighted by atomic mass is 32.2. The van der Waals surface area contributed by atoms with E-state index in [0.717, 1.165) is 86.6 Å². The van der Waals surface area contributed by atoms with Gasteiger partial charge in [-0.05, 0) is 31.9 Å². The lowest BCUT2D eigenvalue weighted by molar-refractivity contribution is 0.0936. The molecule has 0 N–H and O–H groups in total. The maximum atomic E-state index is 9.80. The summed E-state index contributed by atoms with van der Waals surface area (Å²) in [7, 11) is 0. The van der Waals surface area contributed by atoms with E-state index < -0.39 is 0 Å². The van der Waals surface area contributed by atoms with E-state index in [1.54, 1.807) is 45.8 Å². The smallest absolute Gasteiger partial charge is 0.187 e. The average molecular weight is 806 g/mol. The van der Waals surface area contributed by atoms with E-state index in [4.69, 9.17) is 37.9 Å². The van der Waals surface area contributed by atoms with Crippen LogP contribution < -0.4 is 37.9 Å². The van der Waals surface area contributed by atoms with Gasteiger partial charge in [-0.3, -0.25) is 0 Å². The first-order valence-corrected chi connectivity index (χ1v) is 22.5. The Balaban J connectivity index is 1.32. The van der Waals surface area contributed by atoms with E-state index in [-0.39, 0.29) is 10.8 Å². The summed E-state index contributed by atoms with van der Waals surface area (Å²) in [6.45, 7) is 12.8. The lowest BCUT2D eigenvalue weighted by atomic mass is 9.84. The van der Waals surface area contributed by atoms with Gasteiger partial charge in [0, 0.05) is 22.6 Å². The SMILES string of the molecule is CCC1(CC)COc2c(SC#N)sc(-c3sc(-c4sc(-c5sc(SC)c6c5OCCO6)c5c4OCCO5)c4c3OCC(CC)(CC)CO4)c2OC1. The highest BCUT2D eigenvalue weighted by Gasteiger charge is 2.42. The maximum Gasteiger partial charge on any atom is 0.187 e. The first-order valence-electron chi connectivity index (χ1n) is 17.2. The molecule has 0 fully saturated rings. The molecule has 8 heterocycles. The number of thiocyanates is 1. The van der Waals surface area contributed by atoms with E-state index in [2.05, 4.69) is 39.4 Å². The second-order valence-corrected chi connectivity index (χ2v) is 19.2. The first kappa shape index (κ1) is 35.4. The summed E-state index contributed by atoms with van der Waals surface area (Å²) in [5.74, 6) is 5.68. The van der Waals surface area contributed by atoms with Gasteiger partial charge < -0.3 is 37.9 Å². The molecule has 0 aromatic carbocycles. The zero-order valence-corrected chi connectivity index (χ0v) is 34.0. The molecule has 0 unspecified atom stereocenters. The summed E-state index contributed by atoms with van der Waals surface area (Å²) in [4.78, 5) is 5.54. The first-order chi connectivity index (χ1) is 24.9. The van der Waals surface area contributed by atoms with Crippen molar-refractivity contribution in [2.24, 2.45) is 10.8 Å². The Kier molecular flexibility index (Phi) is 9.95. The second kappa shape index (κ2) is 14.3. The van der Waals surface area contributed by atoms with Crippen molar-refractivity contribution in [3.05, 3.63) is 0 Å². The Hall–Kier alpha value is -2.61. The molecule has 0 amide bonds. The van der Waals surface area contributed by atoms with Crippen molar-refractivity contribution in [2.75, 3.05) is 59.1 Å². The highest BCUT2D eigenvalue weighted by Crippen LogP contribution is 2.66. The molecule has 0 saturated heterocycles. The number of thiophene rings is 4. The van der Waals surface area contributed by atoms with Crippen LogP contribution in [0.1, 0.15) is 53.4 Å². The Labute approximate surface area is 322 Å². The third-order valence-corrected chi connectivity index (χ3v) is 17.4. The molecule has 0 radical (unpaired) electrons. The number of hydrogen-bond donors (Lipinski definition) is 0. The van der Waals surface area contributed by atoms with Crippen LogP contribution in [0.5, 0.6) is 46.0 Å². The van der Waals surface area contributed by atoms with Gasteiger partial charge in [0.2, 0.25) is 0 Å². The minimum atomic E-state index is -0.137. The third kappa shape index (κ3) is 5.92. The van der Waals surface area contributed by atoms with E-state index in [9.17, 15) is 5.26 Å². The van der Waals surface area contributed by atoms with E-state index in [1.807, 2.05) is 0 Å². The minimum absolute atomic E-state index is 0.114. The van der Waals surface area contributed by atoms with Crippen molar-refractivity contribution in [3.8, 4) is 80.7 Å².